The quantitative estimate of drug-likeness (QED) is 0.499. The minimum Gasteiger partial charge on any atom is -0.497 e. The first-order valence-electron chi connectivity index (χ1n) is 9.77. The second-order valence-electron chi connectivity index (χ2n) is 6.83. The maximum Gasteiger partial charge on any atom is 0.418 e. The van der Waals surface area contributed by atoms with Crippen molar-refractivity contribution in [3.8, 4) is 11.5 Å². The molecule has 0 aliphatic carbocycles. The Bertz CT molecular complexity index is 950. The summed E-state index contributed by atoms with van der Waals surface area (Å²) in [6.45, 7) is 2.14. The molecule has 0 unspecified atom stereocenters. The Kier molecular flexibility index (Phi) is 6.07. The van der Waals surface area contributed by atoms with Gasteiger partial charge in [0.05, 0.1) is 21.2 Å². The number of halogens is 3. The van der Waals surface area contributed by atoms with Crippen molar-refractivity contribution in [3.05, 3.63) is 83.0 Å². The van der Waals surface area contributed by atoms with Gasteiger partial charge in [-0.25, -0.2) is 4.98 Å². The summed E-state index contributed by atoms with van der Waals surface area (Å²) in [5.41, 5.74) is 0.822. The van der Waals surface area contributed by atoms with E-state index >= 15 is 0 Å². The molecule has 30 heavy (non-hydrogen) atoms. The molecule has 0 spiro atoms. The lowest BCUT2D eigenvalue weighted by atomic mass is 10.1. The molecule has 0 N–H and O–H groups in total. The van der Waals surface area contributed by atoms with Gasteiger partial charge in [-0.2, -0.15) is 13.2 Å². The molecule has 1 aromatic heterocycles. The first-order valence-corrected chi connectivity index (χ1v) is 9.27. The minimum absolute atomic E-state index is 0.0306. The number of methoxy groups -OCH3 is 2. The Hall–Kier alpha value is -3.22. The molecule has 0 aliphatic heterocycles. The van der Waals surface area contributed by atoms with E-state index in [2.05, 4.69) is 4.98 Å². The fourth-order valence-corrected chi connectivity index (χ4v) is 3.07. The van der Waals surface area contributed by atoms with Gasteiger partial charge in [0.15, 0.2) is 0 Å². The number of pyridine rings is 1. The maximum atomic E-state index is 13.3. The largest absolute Gasteiger partial charge is 0.497 e. The highest BCUT2D eigenvalue weighted by atomic mass is 19.4. The second-order valence-corrected chi connectivity index (χ2v) is 6.83. The lowest BCUT2D eigenvalue weighted by Gasteiger charge is -2.25. The summed E-state index contributed by atoms with van der Waals surface area (Å²) < 4.78 is 58.1. The third kappa shape index (κ3) is 5.23. The zero-order valence-corrected chi connectivity index (χ0v) is 17.0. The van der Waals surface area contributed by atoms with Crippen LogP contribution in [0.4, 0.5) is 19.0 Å². The highest BCUT2D eigenvalue weighted by molar-refractivity contribution is 5.46. The number of aromatic nitrogens is 1. The number of anilines is 1. The number of hydrogen-bond donors (Lipinski definition) is 0. The van der Waals surface area contributed by atoms with E-state index in [-0.39, 0.29) is 5.56 Å². The number of aryl methyl sites for hydroxylation is 1. The SMILES string of the molecule is [2H]c1nc(N(Cc2ccc(OC)cc2)Cc2ccc(OC)cc2)cc(C)c1C(F)(F)F. The fourth-order valence-electron chi connectivity index (χ4n) is 3.07. The van der Waals surface area contributed by atoms with E-state index in [1.165, 1.54) is 13.0 Å². The normalized spacial score (nSPS) is 11.7. The highest BCUT2D eigenvalue weighted by Gasteiger charge is 2.33. The Morgan fingerprint density at radius 2 is 1.37 bits per heavy atom. The van der Waals surface area contributed by atoms with Crippen LogP contribution in [0.15, 0.2) is 60.8 Å². The number of nitrogens with zero attached hydrogens (tertiary/aromatic N) is 2. The predicted molar refractivity (Wildman–Crippen MR) is 110 cm³/mol. The molecule has 0 atom stereocenters. The third-order valence-corrected chi connectivity index (χ3v) is 4.69. The lowest BCUT2D eigenvalue weighted by molar-refractivity contribution is -0.138. The molecule has 3 rings (SSSR count). The van der Waals surface area contributed by atoms with Gasteiger partial charge in [0, 0.05) is 19.3 Å². The van der Waals surface area contributed by atoms with E-state index in [4.69, 9.17) is 10.8 Å². The van der Waals surface area contributed by atoms with E-state index < -0.39 is 17.9 Å². The molecule has 4 nitrogen and oxygen atoms in total. The first kappa shape index (κ1) is 20.1. The molecule has 2 aromatic carbocycles. The van der Waals surface area contributed by atoms with Gasteiger partial charge >= 0.3 is 6.18 Å². The molecule has 0 aliphatic rings. The van der Waals surface area contributed by atoms with Crippen molar-refractivity contribution in [2.24, 2.45) is 0 Å². The van der Waals surface area contributed by atoms with Crippen molar-refractivity contribution in [1.82, 2.24) is 4.98 Å². The number of hydrogen-bond acceptors (Lipinski definition) is 4. The van der Waals surface area contributed by atoms with Crippen molar-refractivity contribution in [2.45, 2.75) is 26.2 Å². The van der Waals surface area contributed by atoms with Crippen LogP contribution in [0.25, 0.3) is 0 Å². The van der Waals surface area contributed by atoms with Crippen LogP contribution in [0.5, 0.6) is 11.5 Å². The van der Waals surface area contributed by atoms with E-state index in [1.54, 1.807) is 14.2 Å². The van der Waals surface area contributed by atoms with Crippen molar-refractivity contribution in [2.75, 3.05) is 19.1 Å². The maximum absolute atomic E-state index is 13.3. The highest BCUT2D eigenvalue weighted by Crippen LogP contribution is 2.33. The summed E-state index contributed by atoms with van der Waals surface area (Å²) in [7, 11) is 3.16. The van der Waals surface area contributed by atoms with E-state index in [9.17, 15) is 13.2 Å². The molecule has 158 valence electrons. The number of rotatable bonds is 7. The molecule has 0 radical (unpaired) electrons. The van der Waals surface area contributed by atoms with Crippen LogP contribution in [0.1, 0.15) is 23.6 Å². The molecule has 0 bridgehead atoms. The zero-order valence-electron chi connectivity index (χ0n) is 18.0. The zero-order chi connectivity index (χ0) is 22.6. The van der Waals surface area contributed by atoms with Gasteiger partial charge in [-0.15, -0.1) is 0 Å². The lowest BCUT2D eigenvalue weighted by Crippen LogP contribution is -2.24. The van der Waals surface area contributed by atoms with E-state index in [1.807, 2.05) is 53.4 Å². The van der Waals surface area contributed by atoms with Crippen LogP contribution in [0.2, 0.25) is 0 Å². The summed E-state index contributed by atoms with van der Waals surface area (Å²) in [4.78, 5) is 5.83. The molecule has 0 amide bonds. The number of alkyl halides is 3. The van der Waals surface area contributed by atoms with Crippen molar-refractivity contribution < 1.29 is 24.0 Å². The average molecular weight is 417 g/mol. The smallest absolute Gasteiger partial charge is 0.418 e. The minimum atomic E-state index is -4.62. The molecule has 3 aromatic rings. The summed E-state index contributed by atoms with van der Waals surface area (Å²) in [6.07, 6.45) is -5.40. The van der Waals surface area contributed by atoms with Crippen molar-refractivity contribution in [1.29, 1.82) is 0 Å². The van der Waals surface area contributed by atoms with Crippen molar-refractivity contribution >= 4 is 5.82 Å². The van der Waals surface area contributed by atoms with Gasteiger partial charge in [-0.1, -0.05) is 24.3 Å². The van der Waals surface area contributed by atoms with Gasteiger partial charge in [-0.3, -0.25) is 0 Å². The second kappa shape index (κ2) is 9.07. The van der Waals surface area contributed by atoms with Crippen molar-refractivity contribution in [3.63, 3.8) is 0 Å². The van der Waals surface area contributed by atoms with Crippen LogP contribution >= 0.6 is 0 Å². The fraction of sp³-hybridized carbons (Fsp3) is 0.261. The Morgan fingerprint density at radius 1 is 0.900 bits per heavy atom. The molecular formula is C23H23F3N2O2. The summed E-state index contributed by atoms with van der Waals surface area (Å²) in [5.74, 6) is 1.73. The predicted octanol–water partition coefficient (Wildman–Crippen LogP) is 5.63. The van der Waals surface area contributed by atoms with Crippen LogP contribution in [0, 0.1) is 6.92 Å². The summed E-state index contributed by atoms with van der Waals surface area (Å²) in [5, 5.41) is 0. The molecule has 7 heteroatoms. The Labute approximate surface area is 175 Å². The Morgan fingerprint density at radius 3 is 1.73 bits per heavy atom. The standard InChI is InChI=1S/C23H23F3N2O2/c1-16-12-22(27-13-21(16)23(24,25)26)28(14-17-4-8-19(29-2)9-5-17)15-18-6-10-20(30-3)11-7-18/h4-13H,14-15H2,1-3H3/i13D. The van der Waals surface area contributed by atoms with Crippen LogP contribution in [-0.4, -0.2) is 19.2 Å². The van der Waals surface area contributed by atoms with Gasteiger partial charge < -0.3 is 14.4 Å². The molecule has 1 heterocycles. The van der Waals surface area contributed by atoms with Gasteiger partial charge in [0.1, 0.15) is 17.3 Å². The van der Waals surface area contributed by atoms with Gasteiger partial charge in [-0.05, 0) is 53.9 Å². The first-order chi connectivity index (χ1) is 14.7. The van der Waals surface area contributed by atoms with E-state index in [0.29, 0.717) is 30.4 Å². The number of benzene rings is 2. The Balaban J connectivity index is 1.97. The molecule has 0 saturated heterocycles. The third-order valence-electron chi connectivity index (χ3n) is 4.69. The topological polar surface area (TPSA) is 34.6 Å². The molecule has 0 fully saturated rings. The number of ether oxygens (including phenoxy) is 2. The van der Waals surface area contributed by atoms with Crippen LogP contribution in [0.3, 0.4) is 0 Å². The van der Waals surface area contributed by atoms with Gasteiger partial charge in [0.25, 0.3) is 0 Å². The molecule has 0 saturated carbocycles. The summed E-state index contributed by atoms with van der Waals surface area (Å²) >= 11 is 0. The van der Waals surface area contributed by atoms with Crippen LogP contribution < -0.4 is 14.4 Å². The summed E-state index contributed by atoms with van der Waals surface area (Å²) in [6, 6.07) is 16.2. The van der Waals surface area contributed by atoms with Gasteiger partial charge in [0.2, 0.25) is 0 Å². The molecular weight excluding hydrogens is 393 g/mol. The van der Waals surface area contributed by atoms with E-state index in [0.717, 1.165) is 11.1 Å². The monoisotopic (exact) mass is 417 g/mol. The van der Waals surface area contributed by atoms with Crippen LogP contribution in [-0.2, 0) is 19.3 Å². The average Bonchev–Trinajstić information content (AvgIpc) is 2.72.